The fourth-order valence-corrected chi connectivity index (χ4v) is 2.49. The molecule has 112 valence electrons. The third-order valence-electron chi connectivity index (χ3n) is 4.67. The minimum absolute atomic E-state index is 0.0182. The molecule has 1 saturated heterocycles. The van der Waals surface area contributed by atoms with Gasteiger partial charge in [-0.15, -0.1) is 0 Å². The van der Waals surface area contributed by atoms with E-state index in [0.717, 1.165) is 6.54 Å². The lowest BCUT2D eigenvalue weighted by molar-refractivity contribution is -0.133. The predicted octanol–water partition coefficient (Wildman–Crippen LogP) is 3.11. The zero-order chi connectivity index (χ0) is 15.0. The Morgan fingerprint density at radius 2 is 1.63 bits per heavy atom. The lowest BCUT2D eigenvalue weighted by Crippen LogP contribution is -2.46. The van der Waals surface area contributed by atoms with Crippen molar-refractivity contribution in [1.29, 1.82) is 0 Å². The summed E-state index contributed by atoms with van der Waals surface area (Å²) in [6.07, 6.45) is 0.179. The smallest absolute Gasteiger partial charge is 0.241 e. The van der Waals surface area contributed by atoms with E-state index in [1.54, 1.807) is 0 Å². The molecule has 0 bridgehead atoms. The first-order chi connectivity index (χ1) is 8.58. The Morgan fingerprint density at radius 3 is 2.00 bits per heavy atom. The van der Waals surface area contributed by atoms with Gasteiger partial charge >= 0.3 is 0 Å². The molecule has 0 radical (unpaired) electrons. The number of nitrogens with zero attached hydrogens (tertiary/aromatic N) is 1. The highest BCUT2D eigenvalue weighted by molar-refractivity contribution is 5.84. The van der Waals surface area contributed by atoms with Crippen LogP contribution in [0.3, 0.4) is 0 Å². The summed E-state index contributed by atoms with van der Waals surface area (Å²) in [4.78, 5) is 14.7. The van der Waals surface area contributed by atoms with Gasteiger partial charge in [-0.1, -0.05) is 55.4 Å². The van der Waals surface area contributed by atoms with Gasteiger partial charge in [-0.25, -0.2) is 0 Å². The molecule has 0 aromatic carbocycles. The van der Waals surface area contributed by atoms with Gasteiger partial charge in [-0.3, -0.25) is 10.1 Å². The Bertz CT molecular complexity index is 321. The van der Waals surface area contributed by atoms with Crippen molar-refractivity contribution in [3.05, 3.63) is 0 Å². The summed E-state index contributed by atoms with van der Waals surface area (Å²) in [5.41, 5.74) is 0.149. The van der Waals surface area contributed by atoms with Crippen LogP contribution in [0.25, 0.3) is 0 Å². The summed E-state index contributed by atoms with van der Waals surface area (Å²) in [6.45, 7) is 18.4. The maximum atomic E-state index is 12.6. The first-order valence-corrected chi connectivity index (χ1v) is 7.64. The molecule has 1 aliphatic rings. The van der Waals surface area contributed by atoms with Gasteiger partial charge in [-0.05, 0) is 23.2 Å². The molecule has 0 aromatic rings. The first-order valence-electron chi connectivity index (χ1n) is 7.64. The van der Waals surface area contributed by atoms with E-state index < -0.39 is 0 Å². The SMILES string of the molecule is CC(C)C1NC(C(C)C)N(CC(C)(C)C(C)C)C1=O. The fraction of sp³-hybridized carbons (Fsp3) is 0.938. The van der Waals surface area contributed by atoms with E-state index in [1.807, 2.05) is 0 Å². The Morgan fingerprint density at radius 1 is 1.11 bits per heavy atom. The van der Waals surface area contributed by atoms with E-state index in [0.29, 0.717) is 17.8 Å². The second kappa shape index (κ2) is 5.82. The number of amides is 1. The molecule has 2 unspecified atom stereocenters. The lowest BCUT2D eigenvalue weighted by Gasteiger charge is -2.37. The number of hydrogen-bond donors (Lipinski definition) is 1. The molecular formula is C16H32N2O. The molecule has 0 aromatic heterocycles. The van der Waals surface area contributed by atoms with Gasteiger partial charge < -0.3 is 4.90 Å². The quantitative estimate of drug-likeness (QED) is 0.831. The molecule has 1 N–H and O–H groups in total. The third-order valence-corrected chi connectivity index (χ3v) is 4.67. The number of rotatable bonds is 5. The van der Waals surface area contributed by atoms with Crippen LogP contribution in [-0.4, -0.2) is 29.6 Å². The van der Waals surface area contributed by atoms with E-state index in [9.17, 15) is 4.79 Å². The third kappa shape index (κ3) is 3.50. The van der Waals surface area contributed by atoms with Crippen molar-refractivity contribution >= 4 is 5.91 Å². The van der Waals surface area contributed by atoms with E-state index in [1.165, 1.54) is 0 Å². The highest BCUT2D eigenvalue weighted by Gasteiger charge is 2.43. The van der Waals surface area contributed by atoms with Crippen molar-refractivity contribution in [2.45, 2.75) is 67.6 Å². The summed E-state index contributed by atoms with van der Waals surface area (Å²) in [5.74, 6) is 1.63. The van der Waals surface area contributed by atoms with Crippen LogP contribution in [0.4, 0.5) is 0 Å². The normalized spacial score (nSPS) is 25.2. The van der Waals surface area contributed by atoms with E-state index in [-0.39, 0.29) is 23.5 Å². The average Bonchev–Trinajstić information content (AvgIpc) is 2.56. The maximum Gasteiger partial charge on any atom is 0.241 e. The van der Waals surface area contributed by atoms with Crippen LogP contribution in [0, 0.1) is 23.2 Å². The summed E-state index contributed by atoms with van der Waals surface area (Å²) in [5, 5.41) is 3.53. The molecule has 1 fully saturated rings. The molecule has 0 saturated carbocycles. The van der Waals surface area contributed by atoms with Crippen molar-refractivity contribution in [2.75, 3.05) is 6.54 Å². The minimum atomic E-state index is -0.0182. The zero-order valence-electron chi connectivity index (χ0n) is 13.9. The van der Waals surface area contributed by atoms with Gasteiger partial charge in [0.15, 0.2) is 0 Å². The molecular weight excluding hydrogens is 236 g/mol. The van der Waals surface area contributed by atoms with Gasteiger partial charge in [0.2, 0.25) is 5.91 Å². The lowest BCUT2D eigenvalue weighted by atomic mass is 9.80. The largest absolute Gasteiger partial charge is 0.325 e. The zero-order valence-corrected chi connectivity index (χ0v) is 13.9. The van der Waals surface area contributed by atoms with Crippen LogP contribution >= 0.6 is 0 Å². The van der Waals surface area contributed by atoms with E-state index in [2.05, 4.69) is 65.6 Å². The maximum absolute atomic E-state index is 12.6. The molecule has 0 aliphatic carbocycles. The van der Waals surface area contributed by atoms with Gasteiger partial charge in [0.1, 0.15) is 0 Å². The number of nitrogens with one attached hydrogen (secondary N) is 1. The van der Waals surface area contributed by atoms with Gasteiger partial charge in [-0.2, -0.15) is 0 Å². The first kappa shape index (κ1) is 16.5. The van der Waals surface area contributed by atoms with Gasteiger partial charge in [0, 0.05) is 6.54 Å². The molecule has 2 atom stereocenters. The van der Waals surface area contributed by atoms with Crippen molar-refractivity contribution in [1.82, 2.24) is 10.2 Å². The molecule has 1 aliphatic heterocycles. The highest BCUT2D eigenvalue weighted by Crippen LogP contribution is 2.31. The number of hydrogen-bond acceptors (Lipinski definition) is 2. The van der Waals surface area contributed by atoms with Crippen LogP contribution in [0.1, 0.15) is 55.4 Å². The molecule has 1 amide bonds. The average molecular weight is 268 g/mol. The molecule has 1 heterocycles. The Kier molecular flexibility index (Phi) is 5.05. The number of carbonyl (C=O) groups is 1. The second-order valence-electron chi connectivity index (χ2n) is 7.69. The Labute approximate surface area is 119 Å². The highest BCUT2D eigenvalue weighted by atomic mass is 16.2. The van der Waals surface area contributed by atoms with Crippen LogP contribution in [-0.2, 0) is 4.79 Å². The number of carbonyl (C=O) groups excluding carboxylic acids is 1. The summed E-state index contributed by atoms with van der Waals surface area (Å²) in [7, 11) is 0. The van der Waals surface area contributed by atoms with Crippen molar-refractivity contribution < 1.29 is 4.79 Å². The fourth-order valence-electron chi connectivity index (χ4n) is 2.49. The summed E-state index contributed by atoms with van der Waals surface area (Å²) < 4.78 is 0. The van der Waals surface area contributed by atoms with Crippen LogP contribution in [0.2, 0.25) is 0 Å². The summed E-state index contributed by atoms with van der Waals surface area (Å²) >= 11 is 0. The predicted molar refractivity (Wildman–Crippen MR) is 80.7 cm³/mol. The Hall–Kier alpha value is -0.570. The van der Waals surface area contributed by atoms with Crippen LogP contribution in [0.15, 0.2) is 0 Å². The molecule has 3 heteroatoms. The van der Waals surface area contributed by atoms with Gasteiger partial charge in [0.25, 0.3) is 0 Å². The Balaban J connectivity index is 2.92. The van der Waals surface area contributed by atoms with Crippen LogP contribution in [0.5, 0.6) is 0 Å². The van der Waals surface area contributed by atoms with Crippen molar-refractivity contribution in [2.24, 2.45) is 23.2 Å². The second-order valence-corrected chi connectivity index (χ2v) is 7.69. The topological polar surface area (TPSA) is 32.3 Å². The molecule has 0 spiro atoms. The summed E-state index contributed by atoms with van der Waals surface area (Å²) in [6, 6.07) is -0.0182. The van der Waals surface area contributed by atoms with E-state index >= 15 is 0 Å². The van der Waals surface area contributed by atoms with Crippen molar-refractivity contribution in [3.8, 4) is 0 Å². The van der Waals surface area contributed by atoms with E-state index in [4.69, 9.17) is 0 Å². The molecule has 3 nitrogen and oxygen atoms in total. The minimum Gasteiger partial charge on any atom is -0.325 e. The standard InChI is InChI=1S/C16H32N2O/c1-10(2)13-15(19)18(14(17-13)11(3)4)9-16(7,8)12(5)6/h10-14,17H,9H2,1-8H3. The monoisotopic (exact) mass is 268 g/mol. The van der Waals surface area contributed by atoms with Crippen molar-refractivity contribution in [3.63, 3.8) is 0 Å². The van der Waals surface area contributed by atoms with Gasteiger partial charge in [0.05, 0.1) is 12.2 Å². The van der Waals surface area contributed by atoms with Crippen LogP contribution < -0.4 is 5.32 Å². The molecule has 1 rings (SSSR count). The molecule has 19 heavy (non-hydrogen) atoms.